The van der Waals surface area contributed by atoms with E-state index in [1.807, 2.05) is 0 Å². The van der Waals surface area contributed by atoms with Crippen LogP contribution in [0, 0.1) is 11.2 Å². The molecule has 0 atom stereocenters. The molecule has 1 fully saturated rings. The van der Waals surface area contributed by atoms with Gasteiger partial charge in [0.05, 0.1) is 5.75 Å². The Morgan fingerprint density at radius 3 is 2.65 bits per heavy atom. The molecule has 7 heteroatoms. The molecule has 1 N–H and O–H groups in total. The third-order valence-corrected chi connectivity index (χ3v) is 5.76. The van der Waals surface area contributed by atoms with E-state index >= 15 is 0 Å². The second kappa shape index (κ2) is 6.86. The molecule has 0 spiro atoms. The zero-order valence-corrected chi connectivity index (χ0v) is 14.7. The average molecular weight is 341 g/mol. The van der Waals surface area contributed by atoms with Crippen LogP contribution in [0.3, 0.4) is 0 Å². The lowest BCUT2D eigenvalue weighted by atomic mass is 9.93. The Labute approximate surface area is 137 Å². The minimum Gasteiger partial charge on any atom is -0.355 e. The Balaban J connectivity index is 1.95. The summed E-state index contributed by atoms with van der Waals surface area (Å²) < 4.78 is 38.1. The lowest BCUT2D eigenvalue weighted by Gasteiger charge is -2.23. The van der Waals surface area contributed by atoms with Crippen molar-refractivity contribution in [3.05, 3.63) is 30.1 Å². The fourth-order valence-corrected chi connectivity index (χ4v) is 3.97. The number of benzene rings is 1. The van der Waals surface area contributed by atoms with Crippen LogP contribution in [-0.4, -0.2) is 51.7 Å². The van der Waals surface area contributed by atoms with Gasteiger partial charge in [0, 0.05) is 26.7 Å². The second-order valence-corrected chi connectivity index (χ2v) is 8.64. The van der Waals surface area contributed by atoms with Crippen LogP contribution in [0.1, 0.15) is 20.3 Å². The molecule has 1 aromatic carbocycles. The van der Waals surface area contributed by atoms with E-state index in [0.717, 1.165) is 25.6 Å². The van der Waals surface area contributed by atoms with E-state index in [4.69, 9.17) is 0 Å². The molecule has 1 heterocycles. The topological polar surface area (TPSA) is 61.8 Å². The van der Waals surface area contributed by atoms with Crippen molar-refractivity contribution in [3.63, 3.8) is 0 Å². The molecule has 0 saturated carbocycles. The molecular formula is C16H24FN3O2S. The highest BCUT2D eigenvalue weighted by Crippen LogP contribution is 2.28. The smallest absolute Gasteiger partial charge is 0.193 e. The fourth-order valence-electron chi connectivity index (χ4n) is 2.73. The highest BCUT2D eigenvalue weighted by molar-refractivity contribution is 7.91. The summed E-state index contributed by atoms with van der Waals surface area (Å²) in [5.41, 5.74) is 0.233. The van der Waals surface area contributed by atoms with Crippen molar-refractivity contribution in [1.82, 2.24) is 10.2 Å². The molecule has 1 aliphatic heterocycles. The highest BCUT2D eigenvalue weighted by atomic mass is 32.2. The summed E-state index contributed by atoms with van der Waals surface area (Å²) in [5, 5.41) is 3.07. The molecular weight excluding hydrogens is 317 g/mol. The van der Waals surface area contributed by atoms with Crippen LogP contribution < -0.4 is 5.32 Å². The summed E-state index contributed by atoms with van der Waals surface area (Å²) in [6, 6.07) is 5.45. The fraction of sp³-hybridized carbons (Fsp3) is 0.562. The first-order valence-corrected chi connectivity index (χ1v) is 9.33. The quantitative estimate of drug-likeness (QED) is 0.671. The molecule has 0 radical (unpaired) electrons. The molecule has 5 nitrogen and oxygen atoms in total. The Kier molecular flexibility index (Phi) is 5.29. The third-order valence-electron chi connectivity index (χ3n) is 4.01. The van der Waals surface area contributed by atoms with E-state index < -0.39 is 15.7 Å². The van der Waals surface area contributed by atoms with E-state index in [1.54, 1.807) is 7.05 Å². The highest BCUT2D eigenvalue weighted by Gasteiger charge is 2.31. The van der Waals surface area contributed by atoms with Crippen molar-refractivity contribution in [2.24, 2.45) is 10.4 Å². The Bertz CT molecular complexity index is 686. The van der Waals surface area contributed by atoms with Crippen LogP contribution in [0.15, 0.2) is 34.2 Å². The van der Waals surface area contributed by atoms with Crippen molar-refractivity contribution in [1.29, 1.82) is 0 Å². The van der Waals surface area contributed by atoms with E-state index in [2.05, 4.69) is 29.1 Å². The lowest BCUT2D eigenvalue weighted by Crippen LogP contribution is -2.42. The molecule has 0 bridgehead atoms. The zero-order valence-electron chi connectivity index (χ0n) is 13.8. The van der Waals surface area contributed by atoms with Crippen molar-refractivity contribution in [3.8, 4) is 0 Å². The molecule has 0 aliphatic carbocycles. The number of nitrogens with zero attached hydrogens (tertiary/aromatic N) is 2. The average Bonchev–Trinajstić information content (AvgIpc) is 2.84. The molecule has 0 aromatic heterocycles. The summed E-state index contributed by atoms with van der Waals surface area (Å²) >= 11 is 0. The summed E-state index contributed by atoms with van der Waals surface area (Å²) in [4.78, 5) is 6.08. The van der Waals surface area contributed by atoms with Crippen LogP contribution in [-0.2, 0) is 9.84 Å². The second-order valence-electron chi connectivity index (χ2n) is 6.56. The number of guanidine groups is 1. The maximum absolute atomic E-state index is 13.6. The lowest BCUT2D eigenvalue weighted by molar-refractivity contribution is 0.370. The summed E-state index contributed by atoms with van der Waals surface area (Å²) in [6.07, 6.45) is 1.07. The standard InChI is InChI=1S/C16H24FN3O2S/c1-16(2)8-10-20(12-16)15(18-3)19-9-11-23(21,22)14-7-5-4-6-13(14)17/h4-7H,8-12H2,1-3H3,(H,18,19). The minimum absolute atomic E-state index is 0.176. The van der Waals surface area contributed by atoms with Crippen molar-refractivity contribution in [2.75, 3.05) is 32.4 Å². The van der Waals surface area contributed by atoms with Crippen LogP contribution in [0.4, 0.5) is 4.39 Å². The normalized spacial score (nSPS) is 18.3. The summed E-state index contributed by atoms with van der Waals surface area (Å²) in [5.74, 6) is -0.193. The molecule has 0 unspecified atom stereocenters. The first kappa shape index (κ1) is 17.7. The van der Waals surface area contributed by atoms with Gasteiger partial charge in [-0.05, 0) is 24.0 Å². The number of rotatable bonds is 4. The van der Waals surface area contributed by atoms with E-state index in [0.29, 0.717) is 5.96 Å². The number of aliphatic imine (C=N–C) groups is 1. The van der Waals surface area contributed by atoms with Crippen LogP contribution in [0.25, 0.3) is 0 Å². The van der Waals surface area contributed by atoms with Gasteiger partial charge in [-0.25, -0.2) is 12.8 Å². The largest absolute Gasteiger partial charge is 0.355 e. The first-order valence-electron chi connectivity index (χ1n) is 7.68. The van der Waals surface area contributed by atoms with Gasteiger partial charge in [0.15, 0.2) is 15.8 Å². The number of hydrogen-bond acceptors (Lipinski definition) is 3. The zero-order chi connectivity index (χ0) is 17.1. The Morgan fingerprint density at radius 2 is 2.09 bits per heavy atom. The summed E-state index contributed by atoms with van der Waals surface area (Å²) in [7, 11) is -1.97. The summed E-state index contributed by atoms with van der Waals surface area (Å²) in [6.45, 7) is 6.37. The van der Waals surface area contributed by atoms with E-state index in [1.165, 1.54) is 18.2 Å². The number of sulfone groups is 1. The molecule has 1 aromatic rings. The first-order chi connectivity index (χ1) is 10.7. The predicted molar refractivity (Wildman–Crippen MR) is 89.8 cm³/mol. The van der Waals surface area contributed by atoms with Crippen molar-refractivity contribution >= 4 is 15.8 Å². The SMILES string of the molecule is CN=C(NCCS(=O)(=O)c1ccccc1F)N1CCC(C)(C)C1. The van der Waals surface area contributed by atoms with Gasteiger partial charge in [-0.1, -0.05) is 26.0 Å². The minimum atomic E-state index is -3.65. The monoisotopic (exact) mass is 341 g/mol. The maximum Gasteiger partial charge on any atom is 0.193 e. The van der Waals surface area contributed by atoms with Gasteiger partial charge in [-0.2, -0.15) is 0 Å². The van der Waals surface area contributed by atoms with Gasteiger partial charge in [0.25, 0.3) is 0 Å². The van der Waals surface area contributed by atoms with E-state index in [9.17, 15) is 12.8 Å². The molecule has 1 saturated heterocycles. The van der Waals surface area contributed by atoms with Gasteiger partial charge >= 0.3 is 0 Å². The van der Waals surface area contributed by atoms with Crippen LogP contribution >= 0.6 is 0 Å². The van der Waals surface area contributed by atoms with E-state index in [-0.39, 0.29) is 22.6 Å². The molecule has 0 amide bonds. The molecule has 2 rings (SSSR count). The molecule has 23 heavy (non-hydrogen) atoms. The van der Waals surface area contributed by atoms with Gasteiger partial charge in [0.2, 0.25) is 0 Å². The van der Waals surface area contributed by atoms with Crippen LogP contribution in [0.5, 0.6) is 0 Å². The predicted octanol–water partition coefficient (Wildman–Crippen LogP) is 1.91. The number of hydrogen-bond donors (Lipinski definition) is 1. The van der Waals surface area contributed by atoms with Gasteiger partial charge in [-0.3, -0.25) is 4.99 Å². The van der Waals surface area contributed by atoms with Crippen molar-refractivity contribution in [2.45, 2.75) is 25.2 Å². The molecule has 128 valence electrons. The number of nitrogens with one attached hydrogen (secondary N) is 1. The number of halogens is 1. The van der Waals surface area contributed by atoms with Crippen LogP contribution in [0.2, 0.25) is 0 Å². The third kappa shape index (κ3) is 4.43. The molecule has 1 aliphatic rings. The maximum atomic E-state index is 13.6. The Morgan fingerprint density at radius 1 is 1.39 bits per heavy atom. The van der Waals surface area contributed by atoms with Gasteiger partial charge in [0.1, 0.15) is 10.7 Å². The van der Waals surface area contributed by atoms with Gasteiger partial charge < -0.3 is 10.2 Å². The van der Waals surface area contributed by atoms with Crippen molar-refractivity contribution < 1.29 is 12.8 Å². The Hall–Kier alpha value is -1.63. The van der Waals surface area contributed by atoms with Gasteiger partial charge in [-0.15, -0.1) is 0 Å². The number of likely N-dealkylation sites (tertiary alicyclic amines) is 1.